The molecule has 158 valence electrons. The first-order valence-corrected chi connectivity index (χ1v) is 10.5. The number of fused-ring (bicyclic) bond motifs is 1. The third-order valence-corrected chi connectivity index (χ3v) is 4.97. The predicted molar refractivity (Wildman–Crippen MR) is 123 cm³/mol. The van der Waals surface area contributed by atoms with Gasteiger partial charge in [-0.05, 0) is 26.3 Å². The number of rotatable bonds is 7. The van der Waals surface area contributed by atoms with E-state index in [-0.39, 0.29) is 5.56 Å². The van der Waals surface area contributed by atoms with Crippen molar-refractivity contribution >= 4 is 22.8 Å². The number of aryl methyl sites for hydroxylation is 1. The molecule has 0 spiro atoms. The molecule has 0 amide bonds. The number of anilines is 2. The average Bonchev–Trinajstić information content (AvgIpc) is 2.77. The highest BCUT2D eigenvalue weighted by Crippen LogP contribution is 2.27. The van der Waals surface area contributed by atoms with Crippen LogP contribution in [0.15, 0.2) is 53.3 Å². The molecule has 4 rings (SSSR count). The van der Waals surface area contributed by atoms with Gasteiger partial charge in [-0.3, -0.25) is 15.1 Å². The van der Waals surface area contributed by atoms with Crippen LogP contribution in [0.5, 0.6) is 5.75 Å². The first kappa shape index (κ1) is 20.5. The number of hydrogen-bond donors (Lipinski definition) is 2. The molecule has 0 fully saturated rings. The van der Waals surface area contributed by atoms with E-state index < -0.39 is 0 Å². The zero-order valence-electron chi connectivity index (χ0n) is 17.9. The number of ether oxygens (including phenoxy) is 1. The molecule has 31 heavy (non-hydrogen) atoms. The lowest BCUT2D eigenvalue weighted by Crippen LogP contribution is -2.18. The fraction of sp³-hybridized carbons (Fsp3) is 0.250. The summed E-state index contributed by atoms with van der Waals surface area (Å²) in [6, 6.07) is 15.5. The minimum absolute atomic E-state index is 0.161. The number of aromatic nitrogens is 4. The molecule has 0 aliphatic carbocycles. The average molecular weight is 415 g/mol. The molecule has 2 N–H and O–H groups in total. The van der Waals surface area contributed by atoms with E-state index in [1.165, 1.54) is 0 Å². The Bertz CT molecular complexity index is 1270. The number of H-pyrrole nitrogens is 1. The summed E-state index contributed by atoms with van der Waals surface area (Å²) in [5, 5.41) is 4.00. The highest BCUT2D eigenvalue weighted by Gasteiger charge is 2.15. The molecular weight excluding hydrogens is 390 g/mol. The van der Waals surface area contributed by atoms with Crippen molar-refractivity contribution in [2.75, 3.05) is 11.9 Å². The van der Waals surface area contributed by atoms with Crippen LogP contribution < -0.4 is 15.6 Å². The van der Waals surface area contributed by atoms with Crippen molar-refractivity contribution in [3.8, 4) is 17.0 Å². The Hall–Kier alpha value is -3.74. The molecule has 4 aromatic rings. The number of aromatic amines is 1. The number of benzene rings is 2. The van der Waals surface area contributed by atoms with Crippen LogP contribution in [0.2, 0.25) is 0 Å². The van der Waals surface area contributed by atoms with E-state index in [1.54, 1.807) is 0 Å². The van der Waals surface area contributed by atoms with Crippen LogP contribution in [0.4, 0.5) is 11.9 Å². The Labute approximate surface area is 180 Å². The van der Waals surface area contributed by atoms with Crippen molar-refractivity contribution in [3.05, 3.63) is 70.1 Å². The van der Waals surface area contributed by atoms with Crippen LogP contribution in [0.25, 0.3) is 22.2 Å². The maximum absolute atomic E-state index is 12.8. The molecule has 0 aliphatic rings. The molecule has 0 radical (unpaired) electrons. The zero-order valence-corrected chi connectivity index (χ0v) is 17.9. The van der Waals surface area contributed by atoms with Gasteiger partial charge >= 0.3 is 0 Å². The minimum Gasteiger partial charge on any atom is -0.492 e. The second kappa shape index (κ2) is 8.95. The van der Waals surface area contributed by atoms with Crippen molar-refractivity contribution in [2.45, 2.75) is 33.6 Å². The summed E-state index contributed by atoms with van der Waals surface area (Å²) in [6.45, 7) is 6.44. The first-order valence-electron chi connectivity index (χ1n) is 10.5. The molecule has 0 saturated carbocycles. The van der Waals surface area contributed by atoms with E-state index in [2.05, 4.69) is 20.3 Å². The molecule has 2 aromatic carbocycles. The normalized spacial score (nSPS) is 10.9. The van der Waals surface area contributed by atoms with Gasteiger partial charge in [-0.15, -0.1) is 0 Å². The molecule has 0 unspecified atom stereocenters. The predicted octanol–water partition coefficient (Wildman–Crippen LogP) is 4.78. The van der Waals surface area contributed by atoms with Gasteiger partial charge in [-0.2, -0.15) is 0 Å². The Morgan fingerprint density at radius 2 is 1.81 bits per heavy atom. The zero-order chi connectivity index (χ0) is 21.8. The van der Waals surface area contributed by atoms with Crippen molar-refractivity contribution in [2.24, 2.45) is 0 Å². The van der Waals surface area contributed by atoms with Gasteiger partial charge < -0.3 is 4.74 Å². The lowest BCUT2D eigenvalue weighted by molar-refractivity contribution is 0.343. The summed E-state index contributed by atoms with van der Waals surface area (Å²) < 4.78 is 5.73. The highest BCUT2D eigenvalue weighted by molar-refractivity contribution is 5.87. The molecule has 7 nitrogen and oxygen atoms in total. The topological polar surface area (TPSA) is 92.8 Å². The molecule has 0 aliphatic heterocycles. The smallest absolute Gasteiger partial charge is 0.256 e. The van der Waals surface area contributed by atoms with Gasteiger partial charge in [0.2, 0.25) is 11.9 Å². The van der Waals surface area contributed by atoms with Crippen molar-refractivity contribution in [1.82, 2.24) is 19.9 Å². The summed E-state index contributed by atoms with van der Waals surface area (Å²) in [7, 11) is 0. The summed E-state index contributed by atoms with van der Waals surface area (Å²) in [5.74, 6) is 1.34. The fourth-order valence-corrected chi connectivity index (χ4v) is 3.59. The molecule has 2 heterocycles. The van der Waals surface area contributed by atoms with Gasteiger partial charge in [0, 0.05) is 16.5 Å². The largest absolute Gasteiger partial charge is 0.492 e. The highest BCUT2D eigenvalue weighted by atomic mass is 16.5. The maximum Gasteiger partial charge on any atom is 0.256 e. The summed E-state index contributed by atoms with van der Waals surface area (Å²) in [4.78, 5) is 29.6. The van der Waals surface area contributed by atoms with E-state index >= 15 is 0 Å². The first-order chi connectivity index (χ1) is 15.1. The second-order valence-electron chi connectivity index (χ2n) is 7.20. The van der Waals surface area contributed by atoms with E-state index in [0.717, 1.165) is 23.1 Å². The minimum atomic E-state index is -0.161. The lowest BCUT2D eigenvalue weighted by atomic mass is 10.0. The quantitative estimate of drug-likeness (QED) is 0.451. The maximum atomic E-state index is 12.8. The Morgan fingerprint density at radius 3 is 2.55 bits per heavy atom. The molecule has 0 atom stereocenters. The van der Waals surface area contributed by atoms with Crippen LogP contribution in [0.3, 0.4) is 0 Å². The number of hydrogen-bond acceptors (Lipinski definition) is 6. The lowest BCUT2D eigenvalue weighted by Gasteiger charge is -2.13. The second-order valence-corrected chi connectivity index (χ2v) is 7.20. The standard InChI is InChI=1S/C24H25N5O2/c1-4-10-18-20(16-11-7-6-8-12-16)26-24(28-22(18)30)29-23-25-15(3)17-13-9-14-19(31-5-2)21(17)27-23/h6-9,11-14H,4-5,10H2,1-3H3,(H2,25,26,27,28,29,30). The Kier molecular flexibility index (Phi) is 5.93. The van der Waals surface area contributed by atoms with Crippen LogP contribution in [0.1, 0.15) is 31.5 Å². The van der Waals surface area contributed by atoms with Crippen molar-refractivity contribution < 1.29 is 4.74 Å². The SMILES string of the molecule is CCCc1c(-c2ccccc2)nc(Nc2nc(C)c3cccc(OCC)c3n2)[nH]c1=O. The van der Waals surface area contributed by atoms with Gasteiger partial charge in [0.05, 0.1) is 18.0 Å². The van der Waals surface area contributed by atoms with Gasteiger partial charge in [0.15, 0.2) is 0 Å². The molecular formula is C24H25N5O2. The molecule has 0 saturated heterocycles. The van der Waals surface area contributed by atoms with E-state index in [1.807, 2.05) is 69.3 Å². The van der Waals surface area contributed by atoms with Gasteiger partial charge in [-0.25, -0.2) is 15.0 Å². The third-order valence-electron chi connectivity index (χ3n) is 4.97. The van der Waals surface area contributed by atoms with E-state index in [0.29, 0.717) is 47.4 Å². The van der Waals surface area contributed by atoms with Gasteiger partial charge in [0.1, 0.15) is 11.3 Å². The Morgan fingerprint density at radius 1 is 1.00 bits per heavy atom. The summed E-state index contributed by atoms with van der Waals surface area (Å²) >= 11 is 0. The molecule has 0 bridgehead atoms. The number of para-hydroxylation sites is 1. The van der Waals surface area contributed by atoms with E-state index in [4.69, 9.17) is 9.72 Å². The Balaban J connectivity index is 1.79. The molecule has 2 aromatic heterocycles. The fourth-order valence-electron chi connectivity index (χ4n) is 3.59. The third kappa shape index (κ3) is 4.26. The summed E-state index contributed by atoms with van der Waals surface area (Å²) in [5.41, 5.74) is 3.60. The summed E-state index contributed by atoms with van der Waals surface area (Å²) in [6.07, 6.45) is 1.50. The van der Waals surface area contributed by atoms with Crippen molar-refractivity contribution in [3.63, 3.8) is 0 Å². The monoisotopic (exact) mass is 415 g/mol. The van der Waals surface area contributed by atoms with E-state index in [9.17, 15) is 4.79 Å². The van der Waals surface area contributed by atoms with Crippen LogP contribution >= 0.6 is 0 Å². The van der Waals surface area contributed by atoms with Crippen LogP contribution in [-0.2, 0) is 6.42 Å². The van der Waals surface area contributed by atoms with Gasteiger partial charge in [-0.1, -0.05) is 55.8 Å². The van der Waals surface area contributed by atoms with Crippen molar-refractivity contribution in [1.29, 1.82) is 0 Å². The van der Waals surface area contributed by atoms with Crippen LogP contribution in [-0.4, -0.2) is 26.5 Å². The van der Waals surface area contributed by atoms with Crippen LogP contribution in [0, 0.1) is 6.92 Å². The molecule has 7 heteroatoms. The van der Waals surface area contributed by atoms with Gasteiger partial charge in [0.25, 0.3) is 5.56 Å². The number of nitrogens with one attached hydrogen (secondary N) is 2. The number of nitrogens with zero attached hydrogens (tertiary/aromatic N) is 3.